The molecule has 146 valence electrons. The molecule has 2 aromatic carbocycles. The lowest BCUT2D eigenvalue weighted by molar-refractivity contribution is 0.587. The van der Waals surface area contributed by atoms with Crippen LogP contribution in [0.3, 0.4) is 0 Å². The predicted molar refractivity (Wildman–Crippen MR) is 113 cm³/mol. The van der Waals surface area contributed by atoms with E-state index in [-0.39, 0.29) is 11.7 Å². The van der Waals surface area contributed by atoms with Crippen LogP contribution >= 0.6 is 23.2 Å². The Balaban J connectivity index is 2.12. The summed E-state index contributed by atoms with van der Waals surface area (Å²) in [6.07, 6.45) is 2.82. The monoisotopic (exact) mass is 435 g/mol. The first-order valence-electron chi connectivity index (χ1n) is 8.68. The Morgan fingerprint density at radius 1 is 1.21 bits per heavy atom. The molecule has 3 aromatic rings. The van der Waals surface area contributed by atoms with Crippen LogP contribution in [0.15, 0.2) is 42.6 Å². The fourth-order valence-electron chi connectivity index (χ4n) is 3.40. The van der Waals surface area contributed by atoms with Crippen LogP contribution in [0.5, 0.6) is 0 Å². The molecule has 1 heterocycles. The zero-order chi connectivity index (χ0) is 20.3. The Morgan fingerprint density at radius 3 is 2.68 bits per heavy atom. The topological polar surface area (TPSA) is 85.8 Å². The van der Waals surface area contributed by atoms with Crippen LogP contribution in [0.2, 0.25) is 10.0 Å². The van der Waals surface area contributed by atoms with Crippen LogP contribution in [0.1, 0.15) is 35.4 Å². The third-order valence-corrected chi connectivity index (χ3v) is 6.62. The number of halogens is 2. The van der Waals surface area contributed by atoms with E-state index in [0.717, 1.165) is 22.0 Å². The highest BCUT2D eigenvalue weighted by molar-refractivity contribution is 7.88. The Kier molecular flexibility index (Phi) is 6.31. The Labute approximate surface area is 174 Å². The molecule has 1 aromatic heterocycles. The van der Waals surface area contributed by atoms with Crippen molar-refractivity contribution in [2.45, 2.75) is 24.5 Å². The summed E-state index contributed by atoms with van der Waals surface area (Å²) >= 11 is 12.5. The summed E-state index contributed by atoms with van der Waals surface area (Å²) in [6, 6.07) is 13.1. The minimum absolute atomic E-state index is 0.116. The van der Waals surface area contributed by atoms with E-state index in [9.17, 15) is 8.42 Å². The van der Waals surface area contributed by atoms with Gasteiger partial charge in [-0.15, -0.1) is 0 Å². The normalized spacial score (nSPS) is 12.8. The van der Waals surface area contributed by atoms with Gasteiger partial charge in [0.1, 0.15) is 0 Å². The Bertz CT molecular complexity index is 1150. The molecule has 28 heavy (non-hydrogen) atoms. The van der Waals surface area contributed by atoms with Gasteiger partial charge in [-0.1, -0.05) is 47.5 Å². The zero-order valence-corrected chi connectivity index (χ0v) is 17.5. The van der Waals surface area contributed by atoms with Crippen molar-refractivity contribution < 1.29 is 8.42 Å². The molecule has 0 aliphatic heterocycles. The highest BCUT2D eigenvalue weighted by atomic mass is 35.5. The van der Waals surface area contributed by atoms with Gasteiger partial charge in [-0.05, 0) is 42.3 Å². The first kappa shape index (κ1) is 20.7. The van der Waals surface area contributed by atoms with Gasteiger partial charge in [-0.2, -0.15) is 5.26 Å². The van der Waals surface area contributed by atoms with Crippen LogP contribution < -0.4 is 4.72 Å². The summed E-state index contributed by atoms with van der Waals surface area (Å²) in [5.41, 5.74) is 3.30. The fraction of sp³-hybridized carbons (Fsp3) is 0.250. The quantitative estimate of drug-likeness (QED) is 0.549. The number of nitriles is 1. The smallest absolute Gasteiger partial charge is 0.215 e. The SMILES string of the molecule is CNS(=O)(=O)Cc1cccc2c(C(CCC#N)c3ccc(Cl)cc3Cl)c[nH]c12. The number of nitrogens with one attached hydrogen (secondary N) is 2. The number of para-hydroxylation sites is 1. The van der Waals surface area contributed by atoms with Crippen molar-refractivity contribution >= 4 is 44.1 Å². The van der Waals surface area contributed by atoms with E-state index in [1.54, 1.807) is 18.2 Å². The van der Waals surface area contributed by atoms with E-state index in [1.165, 1.54) is 7.05 Å². The summed E-state index contributed by atoms with van der Waals surface area (Å²) in [5, 5.41) is 11.1. The van der Waals surface area contributed by atoms with Gasteiger partial charge in [0.05, 0.1) is 11.8 Å². The second-order valence-electron chi connectivity index (χ2n) is 6.46. The molecule has 1 atom stereocenters. The molecule has 0 radical (unpaired) electrons. The van der Waals surface area contributed by atoms with Gasteiger partial charge < -0.3 is 4.98 Å². The minimum atomic E-state index is -3.40. The maximum atomic E-state index is 12.0. The molecule has 3 rings (SSSR count). The molecule has 2 N–H and O–H groups in total. The van der Waals surface area contributed by atoms with Gasteiger partial charge in [0.25, 0.3) is 0 Å². The largest absolute Gasteiger partial charge is 0.361 e. The molecule has 8 heteroatoms. The number of rotatable bonds is 7. The molecular formula is C20H19Cl2N3O2S. The Morgan fingerprint density at radius 2 is 2.00 bits per heavy atom. The third kappa shape index (κ3) is 4.34. The maximum Gasteiger partial charge on any atom is 0.215 e. The van der Waals surface area contributed by atoms with E-state index in [1.807, 2.05) is 24.4 Å². The summed E-state index contributed by atoms with van der Waals surface area (Å²) in [6.45, 7) is 0. The number of hydrogen-bond acceptors (Lipinski definition) is 3. The maximum absolute atomic E-state index is 12.0. The van der Waals surface area contributed by atoms with Crippen LogP contribution in [0.4, 0.5) is 0 Å². The number of hydrogen-bond donors (Lipinski definition) is 2. The van der Waals surface area contributed by atoms with Crippen LogP contribution in [-0.2, 0) is 15.8 Å². The van der Waals surface area contributed by atoms with Gasteiger partial charge in [-0.3, -0.25) is 0 Å². The zero-order valence-electron chi connectivity index (χ0n) is 15.2. The molecule has 0 saturated heterocycles. The third-order valence-electron chi connectivity index (χ3n) is 4.75. The molecule has 0 fully saturated rings. The highest BCUT2D eigenvalue weighted by Crippen LogP contribution is 2.39. The molecule has 1 unspecified atom stereocenters. The Hall–Kier alpha value is -2.04. The van der Waals surface area contributed by atoms with Gasteiger partial charge in [-0.25, -0.2) is 13.1 Å². The molecule has 0 bridgehead atoms. The molecule has 0 spiro atoms. The lowest BCUT2D eigenvalue weighted by atomic mass is 9.87. The van der Waals surface area contributed by atoms with Crippen molar-refractivity contribution in [3.63, 3.8) is 0 Å². The molecule has 0 aliphatic rings. The van der Waals surface area contributed by atoms with E-state index in [0.29, 0.717) is 28.5 Å². The average molecular weight is 436 g/mol. The van der Waals surface area contributed by atoms with Crippen molar-refractivity contribution in [2.75, 3.05) is 7.05 Å². The van der Waals surface area contributed by atoms with Crippen molar-refractivity contribution in [3.05, 3.63) is 69.3 Å². The lowest BCUT2D eigenvalue weighted by Crippen LogP contribution is -2.20. The second kappa shape index (κ2) is 8.54. The van der Waals surface area contributed by atoms with Gasteiger partial charge in [0, 0.05) is 39.5 Å². The van der Waals surface area contributed by atoms with E-state index in [2.05, 4.69) is 15.8 Å². The molecule has 5 nitrogen and oxygen atoms in total. The van der Waals surface area contributed by atoms with Gasteiger partial charge in [0.15, 0.2) is 0 Å². The number of aromatic amines is 1. The van der Waals surface area contributed by atoms with Crippen molar-refractivity contribution in [1.82, 2.24) is 9.71 Å². The number of aromatic nitrogens is 1. The average Bonchev–Trinajstić information content (AvgIpc) is 3.08. The van der Waals surface area contributed by atoms with Crippen LogP contribution in [-0.4, -0.2) is 20.4 Å². The summed E-state index contributed by atoms with van der Waals surface area (Å²) in [5.74, 6) is -0.236. The van der Waals surface area contributed by atoms with Crippen molar-refractivity contribution in [2.24, 2.45) is 0 Å². The molecule has 0 saturated carbocycles. The number of sulfonamides is 1. The number of H-pyrrole nitrogens is 1. The van der Waals surface area contributed by atoms with Gasteiger partial charge >= 0.3 is 0 Å². The van der Waals surface area contributed by atoms with Crippen molar-refractivity contribution in [3.8, 4) is 6.07 Å². The minimum Gasteiger partial charge on any atom is -0.361 e. The first-order chi connectivity index (χ1) is 13.4. The standard InChI is InChI=1S/C20H19Cl2N3O2S/c1-24-28(26,27)12-13-4-2-5-17-18(11-25-20(13)17)15(6-3-9-23)16-8-7-14(21)10-19(16)22/h2,4-5,7-8,10-11,15,24-25H,3,6,12H2,1H3. The highest BCUT2D eigenvalue weighted by Gasteiger charge is 2.22. The number of fused-ring (bicyclic) bond motifs is 1. The fourth-order valence-corrected chi connectivity index (χ4v) is 4.73. The number of benzene rings is 2. The summed E-state index contributed by atoms with van der Waals surface area (Å²) in [4.78, 5) is 3.22. The van der Waals surface area contributed by atoms with Crippen LogP contribution in [0.25, 0.3) is 10.9 Å². The van der Waals surface area contributed by atoms with Crippen LogP contribution in [0, 0.1) is 11.3 Å². The predicted octanol–water partition coefficient (Wildman–Crippen LogP) is 4.96. The van der Waals surface area contributed by atoms with E-state index >= 15 is 0 Å². The van der Waals surface area contributed by atoms with Crippen molar-refractivity contribution in [1.29, 1.82) is 5.26 Å². The summed E-state index contributed by atoms with van der Waals surface area (Å²) in [7, 11) is -2.00. The molecule has 0 amide bonds. The lowest BCUT2D eigenvalue weighted by Gasteiger charge is -2.18. The van der Waals surface area contributed by atoms with E-state index < -0.39 is 10.0 Å². The number of nitrogens with zero attached hydrogens (tertiary/aromatic N) is 1. The first-order valence-corrected chi connectivity index (χ1v) is 11.1. The second-order valence-corrected chi connectivity index (χ2v) is 9.23. The van der Waals surface area contributed by atoms with E-state index in [4.69, 9.17) is 28.5 Å². The summed E-state index contributed by atoms with van der Waals surface area (Å²) < 4.78 is 26.3. The van der Waals surface area contributed by atoms with Gasteiger partial charge in [0.2, 0.25) is 10.0 Å². The molecule has 0 aliphatic carbocycles. The molecular weight excluding hydrogens is 417 g/mol.